The molecule has 0 aliphatic heterocycles. The van der Waals surface area contributed by atoms with E-state index in [4.69, 9.17) is 4.52 Å². The van der Waals surface area contributed by atoms with Gasteiger partial charge < -0.3 is 9.63 Å². The molecule has 1 heterocycles. The van der Waals surface area contributed by atoms with Gasteiger partial charge in [-0.05, 0) is 19.8 Å². The smallest absolute Gasteiger partial charge is 0.167 e. The molecule has 0 saturated heterocycles. The summed E-state index contributed by atoms with van der Waals surface area (Å²) in [4.78, 5) is 0. The van der Waals surface area contributed by atoms with Crippen molar-refractivity contribution >= 4 is 0 Å². The fourth-order valence-electron chi connectivity index (χ4n) is 2.48. The second-order valence-electron chi connectivity index (χ2n) is 5.23. The largest absolute Gasteiger partial charge is 0.395 e. The van der Waals surface area contributed by atoms with Gasteiger partial charge in [0, 0.05) is 17.0 Å². The number of nitrogens with zero attached hydrogens (tertiary/aromatic N) is 1. The highest BCUT2D eigenvalue weighted by Gasteiger charge is 2.40. The minimum atomic E-state index is -0.146. The van der Waals surface area contributed by atoms with Crippen molar-refractivity contribution in [2.75, 3.05) is 6.61 Å². The molecule has 0 atom stereocenters. The number of aliphatic hydroxyl groups excluding tert-OH is 1. The van der Waals surface area contributed by atoms with Gasteiger partial charge in [-0.3, -0.25) is 0 Å². The molecular weight excluding hydrogens is 226 g/mol. The molecule has 0 unspecified atom stereocenters. The summed E-state index contributed by atoms with van der Waals surface area (Å²) in [6.45, 7) is 2.22. The van der Waals surface area contributed by atoms with Crippen LogP contribution in [0.15, 0.2) is 34.9 Å². The molecule has 1 aliphatic rings. The van der Waals surface area contributed by atoms with E-state index in [9.17, 15) is 5.11 Å². The van der Waals surface area contributed by atoms with Gasteiger partial charge in [-0.2, -0.15) is 0 Å². The second kappa shape index (κ2) is 4.25. The van der Waals surface area contributed by atoms with Gasteiger partial charge in [0.15, 0.2) is 5.76 Å². The van der Waals surface area contributed by atoms with Gasteiger partial charge in [-0.15, -0.1) is 0 Å². The highest BCUT2D eigenvalue weighted by molar-refractivity contribution is 5.58. The first kappa shape index (κ1) is 11.5. The van der Waals surface area contributed by atoms with Crippen LogP contribution in [0, 0.1) is 6.92 Å². The lowest BCUT2D eigenvalue weighted by molar-refractivity contribution is 0.113. The van der Waals surface area contributed by atoms with Gasteiger partial charge in [-0.1, -0.05) is 41.4 Å². The van der Waals surface area contributed by atoms with Crippen LogP contribution in [-0.2, 0) is 5.41 Å². The van der Waals surface area contributed by atoms with Crippen LogP contribution < -0.4 is 0 Å². The minimum absolute atomic E-state index is 0.146. The number of aliphatic hydroxyl groups is 1. The Morgan fingerprint density at radius 3 is 2.56 bits per heavy atom. The van der Waals surface area contributed by atoms with E-state index >= 15 is 0 Å². The van der Waals surface area contributed by atoms with Crippen molar-refractivity contribution in [3.63, 3.8) is 0 Å². The standard InChI is InChI=1S/C15H17NO2/c1-11-3-5-12(6-4-11)13-9-14(16-18-13)15(10-17)7-2-8-15/h3-6,9,17H,2,7-8,10H2,1H3. The van der Waals surface area contributed by atoms with Gasteiger partial charge >= 0.3 is 0 Å². The number of aromatic nitrogens is 1. The summed E-state index contributed by atoms with van der Waals surface area (Å²) in [5.41, 5.74) is 3.01. The summed E-state index contributed by atoms with van der Waals surface area (Å²) in [6.07, 6.45) is 3.17. The average Bonchev–Trinajstić information content (AvgIpc) is 2.79. The molecule has 1 aliphatic carbocycles. The van der Waals surface area contributed by atoms with Gasteiger partial charge in [0.25, 0.3) is 0 Å². The molecule has 94 valence electrons. The summed E-state index contributed by atoms with van der Waals surface area (Å²) in [7, 11) is 0. The third-order valence-electron chi connectivity index (χ3n) is 4.00. The fourth-order valence-corrected chi connectivity index (χ4v) is 2.48. The highest BCUT2D eigenvalue weighted by atomic mass is 16.5. The van der Waals surface area contributed by atoms with E-state index in [1.807, 2.05) is 18.2 Å². The van der Waals surface area contributed by atoms with Crippen LogP contribution in [0.25, 0.3) is 11.3 Å². The highest BCUT2D eigenvalue weighted by Crippen LogP contribution is 2.43. The molecule has 0 spiro atoms. The summed E-state index contributed by atoms with van der Waals surface area (Å²) in [6, 6.07) is 10.2. The molecule has 3 heteroatoms. The van der Waals surface area contributed by atoms with Crippen molar-refractivity contribution < 1.29 is 9.63 Å². The van der Waals surface area contributed by atoms with E-state index in [0.717, 1.165) is 36.3 Å². The van der Waals surface area contributed by atoms with Crippen LogP contribution in [0.1, 0.15) is 30.5 Å². The third kappa shape index (κ3) is 1.75. The molecule has 1 fully saturated rings. The lowest BCUT2D eigenvalue weighted by atomic mass is 9.67. The van der Waals surface area contributed by atoms with Crippen LogP contribution in [0.3, 0.4) is 0 Å². The molecule has 2 aromatic rings. The maximum Gasteiger partial charge on any atom is 0.167 e. The first-order valence-corrected chi connectivity index (χ1v) is 6.39. The van der Waals surface area contributed by atoms with Crippen LogP contribution in [0.2, 0.25) is 0 Å². The Morgan fingerprint density at radius 1 is 1.28 bits per heavy atom. The average molecular weight is 243 g/mol. The molecule has 0 radical (unpaired) electrons. The van der Waals surface area contributed by atoms with Crippen molar-refractivity contribution in [2.45, 2.75) is 31.6 Å². The maximum atomic E-state index is 9.52. The first-order valence-electron chi connectivity index (χ1n) is 6.39. The zero-order valence-electron chi connectivity index (χ0n) is 10.5. The normalized spacial score (nSPS) is 17.4. The first-order chi connectivity index (χ1) is 8.73. The summed E-state index contributed by atoms with van der Waals surface area (Å²) in [5.74, 6) is 0.782. The number of hydrogen-bond donors (Lipinski definition) is 1. The monoisotopic (exact) mass is 243 g/mol. The van der Waals surface area contributed by atoms with Crippen molar-refractivity contribution in [2.24, 2.45) is 0 Å². The SMILES string of the molecule is Cc1ccc(-c2cc(C3(CO)CCC3)no2)cc1. The quantitative estimate of drug-likeness (QED) is 0.901. The lowest BCUT2D eigenvalue weighted by Crippen LogP contribution is -2.38. The van der Waals surface area contributed by atoms with Gasteiger partial charge in [0.05, 0.1) is 12.3 Å². The number of benzene rings is 1. The number of rotatable bonds is 3. The van der Waals surface area contributed by atoms with Crippen LogP contribution in [0.5, 0.6) is 0 Å². The van der Waals surface area contributed by atoms with Gasteiger partial charge in [-0.25, -0.2) is 0 Å². The zero-order valence-corrected chi connectivity index (χ0v) is 10.5. The second-order valence-corrected chi connectivity index (χ2v) is 5.23. The Hall–Kier alpha value is -1.61. The van der Waals surface area contributed by atoms with E-state index in [-0.39, 0.29) is 12.0 Å². The Kier molecular flexibility index (Phi) is 2.71. The van der Waals surface area contributed by atoms with Crippen molar-refractivity contribution in [1.82, 2.24) is 5.16 Å². The molecule has 18 heavy (non-hydrogen) atoms. The van der Waals surface area contributed by atoms with E-state index in [1.165, 1.54) is 5.56 Å². The maximum absolute atomic E-state index is 9.52. The Bertz CT molecular complexity index is 532. The molecule has 1 aromatic carbocycles. The Labute approximate surface area is 106 Å². The van der Waals surface area contributed by atoms with E-state index < -0.39 is 0 Å². The Balaban J connectivity index is 1.91. The van der Waals surface area contributed by atoms with Crippen molar-refractivity contribution in [3.8, 4) is 11.3 Å². The van der Waals surface area contributed by atoms with Gasteiger partial charge in [0.2, 0.25) is 0 Å². The van der Waals surface area contributed by atoms with Crippen LogP contribution in [0.4, 0.5) is 0 Å². The summed E-state index contributed by atoms with van der Waals surface area (Å²) in [5, 5.41) is 13.7. The van der Waals surface area contributed by atoms with Crippen LogP contribution in [-0.4, -0.2) is 16.9 Å². The van der Waals surface area contributed by atoms with Crippen molar-refractivity contribution in [1.29, 1.82) is 0 Å². The molecule has 1 aromatic heterocycles. The summed E-state index contributed by atoms with van der Waals surface area (Å²) < 4.78 is 5.41. The van der Waals surface area contributed by atoms with E-state index in [0.29, 0.717) is 0 Å². The topological polar surface area (TPSA) is 46.3 Å². The lowest BCUT2D eigenvalue weighted by Gasteiger charge is -2.38. The molecule has 1 N–H and O–H groups in total. The molecule has 0 amide bonds. The van der Waals surface area contributed by atoms with E-state index in [2.05, 4.69) is 24.2 Å². The van der Waals surface area contributed by atoms with Crippen LogP contribution >= 0.6 is 0 Å². The molecule has 1 saturated carbocycles. The Morgan fingerprint density at radius 2 is 2.00 bits per heavy atom. The third-order valence-corrected chi connectivity index (χ3v) is 4.00. The molecular formula is C15H17NO2. The summed E-state index contributed by atoms with van der Waals surface area (Å²) >= 11 is 0. The molecule has 3 rings (SSSR count). The molecule has 3 nitrogen and oxygen atoms in total. The predicted octanol–water partition coefficient (Wildman–Crippen LogP) is 3.06. The minimum Gasteiger partial charge on any atom is -0.395 e. The predicted molar refractivity (Wildman–Crippen MR) is 69.3 cm³/mol. The van der Waals surface area contributed by atoms with Gasteiger partial charge in [0.1, 0.15) is 0 Å². The molecule has 0 bridgehead atoms. The number of aryl methyl sites for hydroxylation is 1. The van der Waals surface area contributed by atoms with E-state index in [1.54, 1.807) is 0 Å². The van der Waals surface area contributed by atoms with Crippen molar-refractivity contribution in [3.05, 3.63) is 41.6 Å². The number of hydrogen-bond acceptors (Lipinski definition) is 3. The fraction of sp³-hybridized carbons (Fsp3) is 0.400. The zero-order chi connectivity index (χ0) is 12.6.